The van der Waals surface area contributed by atoms with Gasteiger partial charge in [0.2, 0.25) is 0 Å². The van der Waals surface area contributed by atoms with Gasteiger partial charge >= 0.3 is 5.97 Å². The zero-order valence-corrected chi connectivity index (χ0v) is 10.6. The fraction of sp³-hybridized carbons (Fsp3) is 0.400. The van der Waals surface area contributed by atoms with Crippen LogP contribution in [0.15, 0.2) is 24.3 Å². The predicted octanol–water partition coefficient (Wildman–Crippen LogP) is 1.08. The summed E-state index contributed by atoms with van der Waals surface area (Å²) in [5, 5.41) is 22.2. The van der Waals surface area contributed by atoms with Crippen LogP contribution in [0.2, 0.25) is 0 Å². The summed E-state index contributed by atoms with van der Waals surface area (Å²) in [7, 11) is 0. The molecule has 0 unspecified atom stereocenters. The highest BCUT2D eigenvalue weighted by atomic mass is 16.4. The van der Waals surface area contributed by atoms with Crippen LogP contribution in [0.3, 0.4) is 0 Å². The molecular formula is C15H17NO3. The van der Waals surface area contributed by atoms with Crippen molar-refractivity contribution in [3.8, 4) is 11.8 Å². The molecule has 1 aromatic carbocycles. The smallest absolute Gasteiger partial charge is 0.315 e. The third-order valence-corrected chi connectivity index (χ3v) is 3.33. The molecule has 0 bridgehead atoms. The van der Waals surface area contributed by atoms with E-state index in [1.807, 2.05) is 24.3 Å². The Bertz CT molecular complexity index is 504. The van der Waals surface area contributed by atoms with Crippen LogP contribution in [0.4, 0.5) is 0 Å². The van der Waals surface area contributed by atoms with E-state index in [2.05, 4.69) is 17.2 Å². The largest absolute Gasteiger partial charge is 0.481 e. The molecular weight excluding hydrogens is 242 g/mol. The summed E-state index contributed by atoms with van der Waals surface area (Å²) < 4.78 is 0. The van der Waals surface area contributed by atoms with Crippen LogP contribution in [-0.2, 0) is 10.4 Å². The van der Waals surface area contributed by atoms with Crippen LogP contribution < -0.4 is 5.32 Å². The first kappa shape index (κ1) is 13.6. The molecule has 1 fully saturated rings. The van der Waals surface area contributed by atoms with Crippen LogP contribution >= 0.6 is 0 Å². The van der Waals surface area contributed by atoms with Gasteiger partial charge in [0.1, 0.15) is 6.42 Å². The molecule has 1 saturated heterocycles. The van der Waals surface area contributed by atoms with Crippen LogP contribution in [0.1, 0.15) is 30.4 Å². The number of aliphatic carboxylic acids is 1. The van der Waals surface area contributed by atoms with Crippen LogP contribution in [0, 0.1) is 11.8 Å². The molecule has 0 amide bonds. The van der Waals surface area contributed by atoms with Crippen LogP contribution in [-0.4, -0.2) is 29.3 Å². The van der Waals surface area contributed by atoms with Crippen molar-refractivity contribution in [2.24, 2.45) is 0 Å². The maximum Gasteiger partial charge on any atom is 0.315 e. The Balaban J connectivity index is 2.09. The summed E-state index contributed by atoms with van der Waals surface area (Å²) in [5.74, 6) is 4.46. The topological polar surface area (TPSA) is 69.6 Å². The van der Waals surface area contributed by atoms with Gasteiger partial charge in [-0.25, -0.2) is 0 Å². The summed E-state index contributed by atoms with van der Waals surface area (Å²) in [6.07, 6.45) is 1.26. The predicted molar refractivity (Wildman–Crippen MR) is 71.6 cm³/mol. The zero-order valence-electron chi connectivity index (χ0n) is 10.6. The first-order valence-corrected chi connectivity index (χ1v) is 6.34. The lowest BCUT2D eigenvalue weighted by Crippen LogP contribution is -2.39. The van der Waals surface area contributed by atoms with Gasteiger partial charge in [-0.1, -0.05) is 24.0 Å². The normalized spacial score (nSPS) is 17.3. The maximum absolute atomic E-state index is 10.5. The summed E-state index contributed by atoms with van der Waals surface area (Å²) in [6.45, 7) is 1.63. The molecule has 1 aromatic rings. The minimum atomic E-state index is -0.923. The van der Waals surface area contributed by atoms with Gasteiger partial charge in [0.15, 0.2) is 0 Å². The monoisotopic (exact) mass is 259 g/mol. The third-order valence-electron chi connectivity index (χ3n) is 3.33. The van der Waals surface area contributed by atoms with E-state index in [1.54, 1.807) is 0 Å². The van der Waals surface area contributed by atoms with Crippen molar-refractivity contribution in [2.75, 3.05) is 13.1 Å². The Labute approximate surface area is 112 Å². The van der Waals surface area contributed by atoms with Crippen LogP contribution in [0.5, 0.6) is 0 Å². The number of carboxylic acids is 1. The number of benzene rings is 1. The van der Waals surface area contributed by atoms with Crippen molar-refractivity contribution in [3.05, 3.63) is 35.4 Å². The van der Waals surface area contributed by atoms with Gasteiger partial charge in [-0.3, -0.25) is 4.79 Å². The summed E-state index contributed by atoms with van der Waals surface area (Å²) in [4.78, 5) is 10.4. The van der Waals surface area contributed by atoms with Crippen molar-refractivity contribution >= 4 is 5.97 Å². The second kappa shape index (κ2) is 5.87. The molecule has 2 rings (SSSR count). The molecule has 3 N–H and O–H groups in total. The minimum Gasteiger partial charge on any atom is -0.481 e. The number of piperidine rings is 1. The molecule has 0 atom stereocenters. The van der Waals surface area contributed by atoms with Gasteiger partial charge in [0.25, 0.3) is 0 Å². The number of carbonyl (C=O) groups is 1. The SMILES string of the molecule is O=C(O)CC#Cc1ccc(C2(O)CCNCC2)cc1. The summed E-state index contributed by atoms with van der Waals surface area (Å²) in [6, 6.07) is 7.39. The Kier molecular flexibility index (Phi) is 4.20. The van der Waals surface area contributed by atoms with Crippen molar-refractivity contribution < 1.29 is 15.0 Å². The fourth-order valence-electron chi connectivity index (χ4n) is 2.21. The number of carboxylic acid groups (broad SMARTS) is 1. The first-order chi connectivity index (χ1) is 9.10. The van der Waals surface area contributed by atoms with E-state index in [4.69, 9.17) is 5.11 Å². The molecule has 100 valence electrons. The van der Waals surface area contributed by atoms with Crippen molar-refractivity contribution in [1.82, 2.24) is 5.32 Å². The van der Waals surface area contributed by atoms with Gasteiger partial charge in [0, 0.05) is 5.56 Å². The van der Waals surface area contributed by atoms with E-state index in [1.165, 1.54) is 0 Å². The third kappa shape index (κ3) is 3.57. The second-order valence-corrected chi connectivity index (χ2v) is 4.73. The van der Waals surface area contributed by atoms with Gasteiger partial charge in [-0.2, -0.15) is 0 Å². The molecule has 1 aliphatic rings. The average Bonchev–Trinajstić information content (AvgIpc) is 2.40. The van der Waals surface area contributed by atoms with Gasteiger partial charge in [0.05, 0.1) is 5.60 Å². The first-order valence-electron chi connectivity index (χ1n) is 6.34. The zero-order chi connectivity index (χ0) is 13.7. The summed E-state index contributed by atoms with van der Waals surface area (Å²) >= 11 is 0. The number of rotatable bonds is 2. The molecule has 19 heavy (non-hydrogen) atoms. The Morgan fingerprint density at radius 1 is 1.26 bits per heavy atom. The number of aliphatic hydroxyl groups is 1. The molecule has 1 aliphatic heterocycles. The molecule has 0 aromatic heterocycles. The van der Waals surface area contributed by atoms with Crippen molar-refractivity contribution in [3.63, 3.8) is 0 Å². The Morgan fingerprint density at radius 3 is 2.47 bits per heavy atom. The maximum atomic E-state index is 10.5. The molecule has 0 spiro atoms. The quantitative estimate of drug-likeness (QED) is 0.695. The standard InChI is InChI=1S/C15H17NO3/c17-14(18)3-1-2-12-4-6-13(7-5-12)15(19)8-10-16-11-9-15/h4-7,16,19H,3,8-11H2,(H,17,18). The number of nitrogens with one attached hydrogen (secondary N) is 1. The Morgan fingerprint density at radius 2 is 1.89 bits per heavy atom. The van der Waals surface area contributed by atoms with E-state index in [-0.39, 0.29) is 6.42 Å². The Hall–Kier alpha value is -1.83. The van der Waals surface area contributed by atoms with E-state index in [0.29, 0.717) is 12.8 Å². The van der Waals surface area contributed by atoms with E-state index in [0.717, 1.165) is 24.2 Å². The summed E-state index contributed by atoms with van der Waals surface area (Å²) in [5.41, 5.74) is 0.915. The number of hydrogen-bond donors (Lipinski definition) is 3. The minimum absolute atomic E-state index is 0.155. The highest BCUT2D eigenvalue weighted by Gasteiger charge is 2.30. The highest BCUT2D eigenvalue weighted by Crippen LogP contribution is 2.30. The molecule has 0 saturated carbocycles. The highest BCUT2D eigenvalue weighted by molar-refractivity contribution is 5.70. The molecule has 0 aliphatic carbocycles. The molecule has 4 heteroatoms. The van der Waals surface area contributed by atoms with Crippen LogP contribution in [0.25, 0.3) is 0 Å². The van der Waals surface area contributed by atoms with E-state index >= 15 is 0 Å². The van der Waals surface area contributed by atoms with E-state index in [9.17, 15) is 9.90 Å². The fourth-order valence-corrected chi connectivity index (χ4v) is 2.21. The van der Waals surface area contributed by atoms with Crippen molar-refractivity contribution in [1.29, 1.82) is 0 Å². The lowest BCUT2D eigenvalue weighted by atomic mass is 9.85. The van der Waals surface area contributed by atoms with E-state index < -0.39 is 11.6 Å². The van der Waals surface area contributed by atoms with Crippen molar-refractivity contribution in [2.45, 2.75) is 24.9 Å². The molecule has 0 radical (unpaired) electrons. The molecule has 4 nitrogen and oxygen atoms in total. The van der Waals surface area contributed by atoms with Gasteiger partial charge in [-0.15, -0.1) is 0 Å². The average molecular weight is 259 g/mol. The van der Waals surface area contributed by atoms with Gasteiger partial charge in [-0.05, 0) is 43.6 Å². The van der Waals surface area contributed by atoms with Gasteiger partial charge < -0.3 is 15.5 Å². The number of hydrogen-bond acceptors (Lipinski definition) is 3. The second-order valence-electron chi connectivity index (χ2n) is 4.73. The molecule has 1 heterocycles. The lowest BCUT2D eigenvalue weighted by Gasteiger charge is -2.33. The lowest BCUT2D eigenvalue weighted by molar-refractivity contribution is -0.135.